The Kier molecular flexibility index (Phi) is 4.49. The van der Waals surface area contributed by atoms with Gasteiger partial charge in [0.25, 0.3) is 0 Å². The number of hydrogen-bond acceptors (Lipinski definition) is 2. The van der Waals surface area contributed by atoms with Crippen molar-refractivity contribution >= 4 is 15.9 Å². The first-order chi connectivity index (χ1) is 9.73. The van der Waals surface area contributed by atoms with Gasteiger partial charge in [0.15, 0.2) is 0 Å². The van der Waals surface area contributed by atoms with Crippen molar-refractivity contribution < 1.29 is 4.74 Å². The van der Waals surface area contributed by atoms with Crippen molar-refractivity contribution in [1.29, 1.82) is 0 Å². The minimum Gasteiger partial charge on any atom is -0.381 e. The highest BCUT2D eigenvalue weighted by Crippen LogP contribution is 2.51. The van der Waals surface area contributed by atoms with E-state index in [-0.39, 0.29) is 0 Å². The van der Waals surface area contributed by atoms with Gasteiger partial charge < -0.3 is 10.1 Å². The molecule has 2 nitrogen and oxygen atoms in total. The van der Waals surface area contributed by atoms with Gasteiger partial charge in [-0.2, -0.15) is 0 Å². The van der Waals surface area contributed by atoms with Crippen molar-refractivity contribution in [2.75, 3.05) is 20.2 Å². The van der Waals surface area contributed by atoms with Gasteiger partial charge in [-0.1, -0.05) is 34.5 Å². The molecule has 1 saturated carbocycles. The number of nitrogens with one attached hydrogen (secondary N) is 1. The molecular formula is C17H24BrNO. The Labute approximate surface area is 130 Å². The van der Waals surface area contributed by atoms with E-state index >= 15 is 0 Å². The number of hydrogen-bond donors (Lipinski definition) is 1. The van der Waals surface area contributed by atoms with Crippen LogP contribution in [0.2, 0.25) is 0 Å². The number of methoxy groups -OCH3 is 1. The fraction of sp³-hybridized carbons (Fsp3) is 0.647. The number of rotatable bonds is 2. The Bertz CT molecular complexity index is 460. The molecule has 1 aromatic carbocycles. The van der Waals surface area contributed by atoms with E-state index in [4.69, 9.17) is 4.74 Å². The summed E-state index contributed by atoms with van der Waals surface area (Å²) in [5, 5.41) is 3.60. The monoisotopic (exact) mass is 337 g/mol. The van der Waals surface area contributed by atoms with Crippen LogP contribution in [0.3, 0.4) is 0 Å². The van der Waals surface area contributed by atoms with Gasteiger partial charge in [-0.25, -0.2) is 0 Å². The first-order valence-electron chi connectivity index (χ1n) is 7.72. The van der Waals surface area contributed by atoms with Crippen LogP contribution in [0.5, 0.6) is 0 Å². The van der Waals surface area contributed by atoms with E-state index in [1.165, 1.54) is 42.1 Å². The molecule has 2 fully saturated rings. The summed E-state index contributed by atoms with van der Waals surface area (Å²) in [5.41, 5.74) is 1.91. The van der Waals surface area contributed by atoms with Gasteiger partial charge in [-0.05, 0) is 55.3 Å². The second-order valence-electron chi connectivity index (χ2n) is 6.38. The van der Waals surface area contributed by atoms with Crippen molar-refractivity contribution in [3.8, 4) is 0 Å². The summed E-state index contributed by atoms with van der Waals surface area (Å²) in [6.45, 7) is 2.26. The molecule has 1 N–H and O–H groups in total. The van der Waals surface area contributed by atoms with Gasteiger partial charge in [0, 0.05) is 24.0 Å². The van der Waals surface area contributed by atoms with Crippen molar-refractivity contribution in [1.82, 2.24) is 5.32 Å². The minimum atomic E-state index is 0.435. The summed E-state index contributed by atoms with van der Waals surface area (Å²) in [4.78, 5) is 0. The first-order valence-corrected chi connectivity index (χ1v) is 8.52. The van der Waals surface area contributed by atoms with Crippen molar-refractivity contribution in [3.63, 3.8) is 0 Å². The zero-order chi connectivity index (χ0) is 14.0. The van der Waals surface area contributed by atoms with Crippen LogP contribution in [0.15, 0.2) is 28.7 Å². The number of halogens is 1. The highest BCUT2D eigenvalue weighted by molar-refractivity contribution is 9.10. The molecule has 0 amide bonds. The van der Waals surface area contributed by atoms with Gasteiger partial charge >= 0.3 is 0 Å². The summed E-state index contributed by atoms with van der Waals surface area (Å²) in [7, 11) is 1.87. The van der Waals surface area contributed by atoms with E-state index in [9.17, 15) is 0 Å². The molecule has 20 heavy (non-hydrogen) atoms. The quantitative estimate of drug-likeness (QED) is 0.877. The van der Waals surface area contributed by atoms with Crippen LogP contribution in [0.1, 0.15) is 43.6 Å². The van der Waals surface area contributed by atoms with Crippen LogP contribution >= 0.6 is 15.9 Å². The molecule has 110 valence electrons. The van der Waals surface area contributed by atoms with Gasteiger partial charge in [-0.3, -0.25) is 0 Å². The molecule has 1 saturated heterocycles. The molecule has 3 rings (SSSR count). The maximum Gasteiger partial charge on any atom is 0.0576 e. The molecule has 2 aliphatic rings. The maximum atomic E-state index is 5.70. The smallest absolute Gasteiger partial charge is 0.0576 e. The standard InChI is InChI=1S/C17H24BrNO/c1-20-15-6-3-7-17(11-15)8-9-19-12-16(17)13-4-2-5-14(18)10-13/h2,4-5,10,15-16,19H,3,6-9,11-12H2,1H3. The van der Waals surface area contributed by atoms with Gasteiger partial charge in [0.1, 0.15) is 0 Å². The Hall–Kier alpha value is -0.380. The van der Waals surface area contributed by atoms with Crippen molar-refractivity contribution in [3.05, 3.63) is 34.3 Å². The fourth-order valence-electron chi connectivity index (χ4n) is 4.25. The van der Waals surface area contributed by atoms with E-state index in [0.29, 0.717) is 17.4 Å². The lowest BCUT2D eigenvalue weighted by Gasteiger charge is -2.49. The second kappa shape index (κ2) is 6.17. The first kappa shape index (κ1) is 14.6. The Morgan fingerprint density at radius 3 is 3.05 bits per heavy atom. The summed E-state index contributed by atoms with van der Waals surface area (Å²) < 4.78 is 6.89. The Morgan fingerprint density at radius 1 is 1.35 bits per heavy atom. The average Bonchev–Trinajstić information content (AvgIpc) is 2.48. The van der Waals surface area contributed by atoms with Crippen LogP contribution in [0.25, 0.3) is 0 Å². The third-order valence-corrected chi connectivity index (χ3v) is 5.80. The lowest BCUT2D eigenvalue weighted by Crippen LogP contribution is -2.47. The molecule has 3 heteroatoms. The van der Waals surface area contributed by atoms with E-state index in [1.54, 1.807) is 0 Å². The summed E-state index contributed by atoms with van der Waals surface area (Å²) in [6, 6.07) is 8.88. The van der Waals surface area contributed by atoms with Gasteiger partial charge in [0.2, 0.25) is 0 Å². The molecule has 0 bridgehead atoms. The molecule has 1 aromatic rings. The summed E-state index contributed by atoms with van der Waals surface area (Å²) in [5.74, 6) is 0.617. The molecule has 0 radical (unpaired) electrons. The molecule has 0 aromatic heterocycles. The van der Waals surface area contributed by atoms with Crippen LogP contribution in [0.4, 0.5) is 0 Å². The minimum absolute atomic E-state index is 0.435. The van der Waals surface area contributed by atoms with Gasteiger partial charge in [-0.15, -0.1) is 0 Å². The summed E-state index contributed by atoms with van der Waals surface area (Å²) >= 11 is 3.62. The topological polar surface area (TPSA) is 21.3 Å². The second-order valence-corrected chi connectivity index (χ2v) is 7.29. The van der Waals surface area contributed by atoms with Gasteiger partial charge in [0.05, 0.1) is 6.10 Å². The Morgan fingerprint density at radius 2 is 2.25 bits per heavy atom. The molecule has 1 spiro atoms. The predicted molar refractivity (Wildman–Crippen MR) is 86.1 cm³/mol. The number of piperidine rings is 1. The largest absolute Gasteiger partial charge is 0.381 e. The van der Waals surface area contributed by atoms with Crippen molar-refractivity contribution in [2.45, 2.75) is 44.1 Å². The third kappa shape index (κ3) is 2.81. The van der Waals surface area contributed by atoms with Crippen LogP contribution in [0, 0.1) is 5.41 Å². The van der Waals surface area contributed by atoms with E-state index in [1.807, 2.05) is 7.11 Å². The van der Waals surface area contributed by atoms with E-state index < -0.39 is 0 Å². The molecule has 3 unspecified atom stereocenters. The lowest BCUT2D eigenvalue weighted by atomic mass is 9.60. The lowest BCUT2D eigenvalue weighted by molar-refractivity contribution is -0.0122. The van der Waals surface area contributed by atoms with Crippen molar-refractivity contribution in [2.24, 2.45) is 5.41 Å². The van der Waals surface area contributed by atoms with E-state index in [0.717, 1.165) is 13.1 Å². The van der Waals surface area contributed by atoms with Crippen LogP contribution in [-0.2, 0) is 4.74 Å². The molecule has 1 aliphatic carbocycles. The highest BCUT2D eigenvalue weighted by atomic mass is 79.9. The normalized spacial score (nSPS) is 34.3. The maximum absolute atomic E-state index is 5.70. The van der Waals surface area contributed by atoms with Crippen LogP contribution in [-0.4, -0.2) is 26.3 Å². The average molecular weight is 338 g/mol. The highest BCUT2D eigenvalue weighted by Gasteiger charge is 2.44. The molecule has 1 aliphatic heterocycles. The molecule has 3 atom stereocenters. The zero-order valence-corrected chi connectivity index (χ0v) is 13.8. The fourth-order valence-corrected chi connectivity index (χ4v) is 4.67. The molecular weight excluding hydrogens is 314 g/mol. The number of ether oxygens (including phenoxy) is 1. The SMILES string of the molecule is COC1CCCC2(CCNCC2c2cccc(Br)c2)C1. The predicted octanol–water partition coefficient (Wildman–Crippen LogP) is 4.10. The summed E-state index contributed by atoms with van der Waals surface area (Å²) in [6.07, 6.45) is 6.86. The Balaban J connectivity index is 1.90. The third-order valence-electron chi connectivity index (χ3n) is 5.31. The zero-order valence-electron chi connectivity index (χ0n) is 12.2. The number of benzene rings is 1. The van der Waals surface area contributed by atoms with E-state index in [2.05, 4.69) is 45.5 Å². The van der Waals surface area contributed by atoms with Crippen LogP contribution < -0.4 is 5.32 Å². The molecule has 1 heterocycles.